The summed E-state index contributed by atoms with van der Waals surface area (Å²) >= 11 is 1.85. The number of rotatable bonds is 5. The highest BCUT2D eigenvalue weighted by Crippen LogP contribution is 2.24. The molecular formula is C12H19NOS. The van der Waals surface area contributed by atoms with Gasteiger partial charge >= 0.3 is 0 Å². The lowest BCUT2D eigenvalue weighted by atomic mass is 10.1. The van der Waals surface area contributed by atoms with E-state index >= 15 is 0 Å². The van der Waals surface area contributed by atoms with Crippen molar-refractivity contribution in [1.29, 1.82) is 0 Å². The van der Waals surface area contributed by atoms with Gasteiger partial charge in [0.05, 0.1) is 6.61 Å². The minimum atomic E-state index is 0.529. The largest absolute Gasteiger partial charge is 0.380 e. The van der Waals surface area contributed by atoms with Crippen molar-refractivity contribution in [1.82, 2.24) is 5.32 Å². The molecule has 3 heteroatoms. The molecule has 0 aliphatic carbocycles. The fourth-order valence-corrected chi connectivity index (χ4v) is 2.86. The van der Waals surface area contributed by atoms with Gasteiger partial charge in [0.1, 0.15) is 0 Å². The van der Waals surface area contributed by atoms with Gasteiger partial charge in [-0.05, 0) is 24.3 Å². The standard InChI is InChI=1S/C12H19NOS/c1-2-4-11(12-5-3-8-15-12)13-10-6-7-14-9-10/h3,5,8,10-11,13H,2,4,6-7,9H2,1H3. The minimum Gasteiger partial charge on any atom is -0.380 e. The molecule has 2 rings (SSSR count). The molecule has 1 N–H and O–H groups in total. The van der Waals surface area contributed by atoms with Gasteiger partial charge in [-0.1, -0.05) is 19.4 Å². The maximum absolute atomic E-state index is 5.39. The van der Waals surface area contributed by atoms with E-state index in [4.69, 9.17) is 4.74 Å². The molecule has 84 valence electrons. The van der Waals surface area contributed by atoms with Crippen molar-refractivity contribution in [3.63, 3.8) is 0 Å². The lowest BCUT2D eigenvalue weighted by molar-refractivity contribution is 0.187. The zero-order valence-electron chi connectivity index (χ0n) is 9.24. The number of hydrogen-bond donors (Lipinski definition) is 1. The summed E-state index contributed by atoms with van der Waals surface area (Å²) in [6, 6.07) is 5.45. The molecule has 0 saturated carbocycles. The van der Waals surface area contributed by atoms with Gasteiger partial charge in [0.25, 0.3) is 0 Å². The summed E-state index contributed by atoms with van der Waals surface area (Å²) in [5.74, 6) is 0. The van der Waals surface area contributed by atoms with Crippen molar-refractivity contribution in [2.24, 2.45) is 0 Å². The predicted octanol–water partition coefficient (Wildman–Crippen LogP) is 2.97. The summed E-state index contributed by atoms with van der Waals surface area (Å²) in [7, 11) is 0. The average Bonchev–Trinajstić information content (AvgIpc) is 2.89. The Kier molecular flexibility index (Phi) is 4.18. The molecule has 1 aromatic heterocycles. The second kappa shape index (κ2) is 5.64. The van der Waals surface area contributed by atoms with Crippen LogP contribution in [0.3, 0.4) is 0 Å². The molecule has 0 amide bonds. The minimum absolute atomic E-state index is 0.529. The Balaban J connectivity index is 1.93. The van der Waals surface area contributed by atoms with Crippen molar-refractivity contribution in [2.45, 2.75) is 38.3 Å². The van der Waals surface area contributed by atoms with Crippen LogP contribution in [0, 0.1) is 0 Å². The summed E-state index contributed by atoms with van der Waals surface area (Å²) in [5.41, 5.74) is 0. The first-order valence-corrected chi connectivity index (χ1v) is 6.65. The molecule has 0 spiro atoms. The van der Waals surface area contributed by atoms with E-state index in [9.17, 15) is 0 Å². The monoisotopic (exact) mass is 225 g/mol. The topological polar surface area (TPSA) is 21.3 Å². The van der Waals surface area contributed by atoms with Gasteiger partial charge in [0.15, 0.2) is 0 Å². The highest BCUT2D eigenvalue weighted by molar-refractivity contribution is 7.10. The van der Waals surface area contributed by atoms with Crippen LogP contribution in [-0.2, 0) is 4.74 Å². The molecular weight excluding hydrogens is 206 g/mol. The van der Waals surface area contributed by atoms with Crippen LogP contribution in [0.2, 0.25) is 0 Å². The molecule has 2 unspecified atom stereocenters. The summed E-state index contributed by atoms with van der Waals surface area (Å²) < 4.78 is 5.39. The molecule has 0 aromatic carbocycles. The first-order valence-electron chi connectivity index (χ1n) is 5.77. The third kappa shape index (κ3) is 3.03. The molecule has 2 atom stereocenters. The van der Waals surface area contributed by atoms with Crippen LogP contribution in [0.4, 0.5) is 0 Å². The molecule has 1 aliphatic rings. The Labute approximate surface area is 95.6 Å². The van der Waals surface area contributed by atoms with E-state index in [0.717, 1.165) is 19.6 Å². The lowest BCUT2D eigenvalue weighted by Gasteiger charge is -2.20. The molecule has 0 bridgehead atoms. The van der Waals surface area contributed by atoms with Gasteiger partial charge in [-0.15, -0.1) is 11.3 Å². The molecule has 2 heterocycles. The maximum Gasteiger partial charge on any atom is 0.0620 e. The Morgan fingerprint density at radius 3 is 3.20 bits per heavy atom. The van der Waals surface area contributed by atoms with Gasteiger partial charge in [-0.25, -0.2) is 0 Å². The van der Waals surface area contributed by atoms with E-state index in [-0.39, 0.29) is 0 Å². The fraction of sp³-hybridized carbons (Fsp3) is 0.667. The predicted molar refractivity (Wildman–Crippen MR) is 64.3 cm³/mol. The van der Waals surface area contributed by atoms with Crippen LogP contribution in [0.15, 0.2) is 17.5 Å². The Morgan fingerprint density at radius 1 is 1.67 bits per heavy atom. The van der Waals surface area contributed by atoms with Crippen molar-refractivity contribution in [2.75, 3.05) is 13.2 Å². The smallest absolute Gasteiger partial charge is 0.0620 e. The van der Waals surface area contributed by atoms with Crippen LogP contribution in [0.5, 0.6) is 0 Å². The van der Waals surface area contributed by atoms with E-state index < -0.39 is 0 Å². The van der Waals surface area contributed by atoms with E-state index in [1.54, 1.807) is 0 Å². The van der Waals surface area contributed by atoms with Crippen molar-refractivity contribution < 1.29 is 4.74 Å². The quantitative estimate of drug-likeness (QED) is 0.832. The first-order chi connectivity index (χ1) is 7.40. The van der Waals surface area contributed by atoms with Crippen LogP contribution in [0.25, 0.3) is 0 Å². The van der Waals surface area contributed by atoms with Crippen molar-refractivity contribution in [3.8, 4) is 0 Å². The van der Waals surface area contributed by atoms with E-state index in [1.807, 2.05) is 11.3 Å². The Hall–Kier alpha value is -0.380. The highest BCUT2D eigenvalue weighted by atomic mass is 32.1. The summed E-state index contributed by atoms with van der Waals surface area (Å²) in [6.07, 6.45) is 3.60. The van der Waals surface area contributed by atoms with Gasteiger partial charge in [-0.2, -0.15) is 0 Å². The Morgan fingerprint density at radius 2 is 2.60 bits per heavy atom. The molecule has 1 saturated heterocycles. The molecule has 1 aliphatic heterocycles. The average molecular weight is 225 g/mol. The van der Waals surface area contributed by atoms with Gasteiger partial charge in [0, 0.05) is 23.6 Å². The number of thiophene rings is 1. The summed E-state index contributed by atoms with van der Waals surface area (Å²) in [5, 5.41) is 5.86. The van der Waals surface area contributed by atoms with Crippen molar-refractivity contribution in [3.05, 3.63) is 22.4 Å². The molecule has 0 radical (unpaired) electrons. The van der Waals surface area contributed by atoms with Crippen LogP contribution in [-0.4, -0.2) is 19.3 Å². The third-order valence-electron chi connectivity index (χ3n) is 2.83. The number of hydrogen-bond acceptors (Lipinski definition) is 3. The second-order valence-corrected chi connectivity index (χ2v) is 5.06. The third-order valence-corrected chi connectivity index (χ3v) is 3.82. The molecule has 1 fully saturated rings. The number of nitrogens with one attached hydrogen (secondary N) is 1. The maximum atomic E-state index is 5.39. The molecule has 1 aromatic rings. The van der Waals surface area contributed by atoms with Gasteiger partial charge < -0.3 is 10.1 Å². The molecule has 15 heavy (non-hydrogen) atoms. The number of ether oxygens (including phenoxy) is 1. The van der Waals surface area contributed by atoms with Crippen LogP contribution < -0.4 is 5.32 Å². The van der Waals surface area contributed by atoms with Crippen LogP contribution >= 0.6 is 11.3 Å². The lowest BCUT2D eigenvalue weighted by Crippen LogP contribution is -2.32. The second-order valence-electron chi connectivity index (χ2n) is 4.08. The zero-order chi connectivity index (χ0) is 10.5. The van der Waals surface area contributed by atoms with E-state index in [1.165, 1.54) is 17.7 Å². The highest BCUT2D eigenvalue weighted by Gasteiger charge is 2.20. The first kappa shape index (κ1) is 11.1. The molecule has 2 nitrogen and oxygen atoms in total. The van der Waals surface area contributed by atoms with Crippen LogP contribution in [0.1, 0.15) is 37.1 Å². The zero-order valence-corrected chi connectivity index (χ0v) is 10.1. The normalized spacial score (nSPS) is 23.1. The summed E-state index contributed by atoms with van der Waals surface area (Å²) in [6.45, 7) is 4.04. The van der Waals surface area contributed by atoms with Gasteiger partial charge in [0.2, 0.25) is 0 Å². The van der Waals surface area contributed by atoms with E-state index in [0.29, 0.717) is 12.1 Å². The van der Waals surface area contributed by atoms with E-state index in [2.05, 4.69) is 29.8 Å². The summed E-state index contributed by atoms with van der Waals surface area (Å²) in [4.78, 5) is 1.46. The van der Waals surface area contributed by atoms with Gasteiger partial charge in [-0.3, -0.25) is 0 Å². The Bertz CT molecular complexity index is 267. The van der Waals surface area contributed by atoms with Crippen molar-refractivity contribution >= 4 is 11.3 Å². The fourth-order valence-electron chi connectivity index (χ4n) is 2.04. The SMILES string of the molecule is CCCC(NC1CCOC1)c1cccs1.